The average Bonchev–Trinajstić information content (AvgIpc) is 3.38. The van der Waals surface area contributed by atoms with E-state index in [0.717, 1.165) is 39.1 Å². The quantitative estimate of drug-likeness (QED) is 0.478. The van der Waals surface area contributed by atoms with E-state index in [1.807, 2.05) is 25.1 Å². The Hall–Kier alpha value is -3.38. The Labute approximate surface area is 184 Å². The molecule has 1 amide bonds. The smallest absolute Gasteiger partial charge is 0.231 e. The van der Waals surface area contributed by atoms with E-state index in [1.54, 1.807) is 11.3 Å². The summed E-state index contributed by atoms with van der Waals surface area (Å²) in [6.07, 6.45) is 1.11. The van der Waals surface area contributed by atoms with Crippen LogP contribution < -0.4 is 14.8 Å². The minimum Gasteiger partial charge on any atom is -0.454 e. The molecule has 0 unspecified atom stereocenters. The van der Waals surface area contributed by atoms with Crippen LogP contribution in [0.4, 0.5) is 0 Å². The highest BCUT2D eigenvalue weighted by Gasteiger charge is 2.15. The van der Waals surface area contributed by atoms with E-state index < -0.39 is 0 Å². The summed E-state index contributed by atoms with van der Waals surface area (Å²) in [6, 6.07) is 20.5. The molecule has 5 rings (SSSR count). The third kappa shape index (κ3) is 4.25. The maximum atomic E-state index is 12.5. The number of aryl methyl sites for hydroxylation is 1. The van der Waals surface area contributed by atoms with Gasteiger partial charge in [-0.05, 0) is 41.0 Å². The largest absolute Gasteiger partial charge is 0.454 e. The van der Waals surface area contributed by atoms with Crippen molar-refractivity contribution >= 4 is 28.0 Å². The van der Waals surface area contributed by atoms with Crippen LogP contribution in [0.15, 0.2) is 60.7 Å². The summed E-state index contributed by atoms with van der Waals surface area (Å²) in [4.78, 5) is 18.3. The van der Waals surface area contributed by atoms with E-state index in [0.29, 0.717) is 13.0 Å². The molecule has 0 fully saturated rings. The van der Waals surface area contributed by atoms with Crippen molar-refractivity contribution in [1.29, 1.82) is 0 Å². The third-order valence-electron chi connectivity index (χ3n) is 5.41. The number of carbonyl (C=O) groups excluding carboxylic acids is 1. The Morgan fingerprint density at radius 3 is 2.84 bits per heavy atom. The molecule has 4 aromatic rings. The van der Waals surface area contributed by atoms with Gasteiger partial charge in [0.15, 0.2) is 11.5 Å². The summed E-state index contributed by atoms with van der Waals surface area (Å²) in [5.41, 5.74) is 3.17. The predicted molar refractivity (Wildman–Crippen MR) is 122 cm³/mol. The molecule has 0 radical (unpaired) electrons. The van der Waals surface area contributed by atoms with E-state index in [-0.39, 0.29) is 12.7 Å². The molecule has 3 aromatic carbocycles. The Bertz CT molecular complexity index is 1260. The summed E-state index contributed by atoms with van der Waals surface area (Å²) in [5, 5.41) is 6.51. The number of aromatic nitrogens is 1. The number of fused-ring (bicyclic) bond motifs is 2. The Balaban J connectivity index is 1.24. The lowest BCUT2D eigenvalue weighted by molar-refractivity contribution is -0.120. The molecule has 0 atom stereocenters. The minimum absolute atomic E-state index is 0.0128. The number of nitrogens with one attached hydrogen (secondary N) is 1. The molecule has 156 valence electrons. The van der Waals surface area contributed by atoms with Gasteiger partial charge in [0.1, 0.15) is 0 Å². The topological polar surface area (TPSA) is 60.5 Å². The fraction of sp³-hybridized carbons (Fsp3) is 0.200. The van der Waals surface area contributed by atoms with Crippen molar-refractivity contribution in [1.82, 2.24) is 10.3 Å². The van der Waals surface area contributed by atoms with Crippen LogP contribution in [0.3, 0.4) is 0 Å². The fourth-order valence-electron chi connectivity index (χ4n) is 3.80. The highest BCUT2D eigenvalue weighted by Crippen LogP contribution is 2.32. The molecule has 0 saturated heterocycles. The first-order chi connectivity index (χ1) is 15.2. The highest BCUT2D eigenvalue weighted by molar-refractivity contribution is 7.11. The number of benzene rings is 3. The molecule has 0 spiro atoms. The van der Waals surface area contributed by atoms with Crippen LogP contribution in [0.1, 0.15) is 26.7 Å². The molecule has 0 bridgehead atoms. The lowest BCUT2D eigenvalue weighted by atomic mass is 10.0. The van der Waals surface area contributed by atoms with E-state index >= 15 is 0 Å². The van der Waals surface area contributed by atoms with E-state index in [9.17, 15) is 4.79 Å². The zero-order valence-corrected chi connectivity index (χ0v) is 18.0. The number of thiazole rings is 1. The lowest BCUT2D eigenvalue weighted by Crippen LogP contribution is -2.24. The molecule has 5 nitrogen and oxygen atoms in total. The van der Waals surface area contributed by atoms with Crippen LogP contribution in [0, 0.1) is 6.92 Å². The summed E-state index contributed by atoms with van der Waals surface area (Å²) in [6.45, 7) is 2.68. The van der Waals surface area contributed by atoms with Gasteiger partial charge in [0, 0.05) is 17.8 Å². The monoisotopic (exact) mass is 430 g/mol. The van der Waals surface area contributed by atoms with Crippen LogP contribution in [-0.4, -0.2) is 17.7 Å². The van der Waals surface area contributed by atoms with Crippen molar-refractivity contribution in [2.45, 2.75) is 26.3 Å². The van der Waals surface area contributed by atoms with Crippen molar-refractivity contribution in [3.05, 3.63) is 87.4 Å². The zero-order chi connectivity index (χ0) is 21.2. The van der Waals surface area contributed by atoms with Gasteiger partial charge in [0.25, 0.3) is 0 Å². The summed E-state index contributed by atoms with van der Waals surface area (Å²) >= 11 is 1.62. The lowest BCUT2D eigenvalue weighted by Gasteiger charge is -2.06. The first kappa shape index (κ1) is 19.6. The molecule has 0 aliphatic carbocycles. The van der Waals surface area contributed by atoms with Crippen LogP contribution in [-0.2, 0) is 24.2 Å². The van der Waals surface area contributed by atoms with Crippen molar-refractivity contribution in [3.63, 3.8) is 0 Å². The number of ether oxygens (including phenoxy) is 2. The second kappa shape index (κ2) is 8.40. The van der Waals surface area contributed by atoms with Gasteiger partial charge in [0.05, 0.1) is 17.1 Å². The van der Waals surface area contributed by atoms with Gasteiger partial charge in [-0.1, -0.05) is 48.5 Å². The Morgan fingerprint density at radius 1 is 1.06 bits per heavy atom. The van der Waals surface area contributed by atoms with Gasteiger partial charge < -0.3 is 14.8 Å². The van der Waals surface area contributed by atoms with Crippen molar-refractivity contribution in [2.24, 2.45) is 0 Å². The molecule has 31 heavy (non-hydrogen) atoms. The first-order valence-corrected chi connectivity index (χ1v) is 11.0. The van der Waals surface area contributed by atoms with Crippen molar-refractivity contribution in [2.75, 3.05) is 6.79 Å². The average molecular weight is 431 g/mol. The molecular formula is C25H22N2O3S. The van der Waals surface area contributed by atoms with Gasteiger partial charge in [0.2, 0.25) is 12.7 Å². The van der Waals surface area contributed by atoms with E-state index in [4.69, 9.17) is 14.5 Å². The molecule has 1 N–H and O–H groups in total. The normalized spacial score (nSPS) is 12.3. The Morgan fingerprint density at radius 2 is 1.90 bits per heavy atom. The summed E-state index contributed by atoms with van der Waals surface area (Å²) < 4.78 is 10.7. The van der Waals surface area contributed by atoms with Gasteiger partial charge >= 0.3 is 0 Å². The van der Waals surface area contributed by atoms with E-state index in [2.05, 4.69) is 47.8 Å². The molecule has 1 aliphatic heterocycles. The molecule has 1 aliphatic rings. The van der Waals surface area contributed by atoms with Crippen LogP contribution in [0.2, 0.25) is 0 Å². The predicted octanol–water partition coefficient (Wildman–Crippen LogP) is 4.78. The maximum Gasteiger partial charge on any atom is 0.231 e. The van der Waals surface area contributed by atoms with E-state index in [1.165, 1.54) is 16.3 Å². The summed E-state index contributed by atoms with van der Waals surface area (Å²) in [7, 11) is 0. The van der Waals surface area contributed by atoms with Gasteiger partial charge in [-0.15, -0.1) is 11.3 Å². The summed E-state index contributed by atoms with van der Waals surface area (Å²) in [5.74, 6) is 1.46. The van der Waals surface area contributed by atoms with Crippen molar-refractivity contribution in [3.8, 4) is 11.5 Å². The second-order valence-corrected chi connectivity index (χ2v) is 8.74. The second-order valence-electron chi connectivity index (χ2n) is 7.57. The number of amides is 1. The molecule has 6 heteroatoms. The minimum atomic E-state index is -0.0128. The number of carbonyl (C=O) groups is 1. The van der Waals surface area contributed by atoms with Gasteiger partial charge in [-0.25, -0.2) is 4.98 Å². The zero-order valence-electron chi connectivity index (χ0n) is 17.2. The van der Waals surface area contributed by atoms with Crippen LogP contribution in [0.25, 0.3) is 10.8 Å². The molecule has 2 heterocycles. The Kier molecular flexibility index (Phi) is 5.30. The maximum absolute atomic E-state index is 12.5. The number of hydrogen-bond donors (Lipinski definition) is 1. The number of rotatable bonds is 6. The van der Waals surface area contributed by atoms with Crippen LogP contribution in [0.5, 0.6) is 11.5 Å². The third-order valence-corrected chi connectivity index (χ3v) is 6.56. The SMILES string of the molecule is Cc1nc(Cc2cccc3ccccc23)sc1CC(=O)NCc1ccc2c(c1)OCO2. The number of hydrogen-bond acceptors (Lipinski definition) is 5. The number of nitrogens with zero attached hydrogens (tertiary/aromatic N) is 1. The first-order valence-electron chi connectivity index (χ1n) is 10.2. The van der Waals surface area contributed by atoms with Crippen molar-refractivity contribution < 1.29 is 14.3 Å². The fourth-order valence-corrected chi connectivity index (χ4v) is 4.89. The van der Waals surface area contributed by atoms with Crippen LogP contribution >= 0.6 is 11.3 Å². The van der Waals surface area contributed by atoms with Gasteiger partial charge in [-0.2, -0.15) is 0 Å². The standard InChI is InChI=1S/C25H22N2O3S/c1-16-23(13-24(28)26-14-17-9-10-21-22(11-17)30-15-29-21)31-25(27-16)12-19-7-4-6-18-5-2-3-8-20(18)19/h2-11H,12-15H2,1H3,(H,26,28). The highest BCUT2D eigenvalue weighted by atomic mass is 32.1. The molecule has 0 saturated carbocycles. The molecular weight excluding hydrogens is 408 g/mol. The molecule has 1 aromatic heterocycles. The van der Waals surface area contributed by atoms with Gasteiger partial charge in [-0.3, -0.25) is 4.79 Å².